The maximum atomic E-state index is 13.7. The first kappa shape index (κ1) is 37.0. The van der Waals surface area contributed by atoms with Crippen molar-refractivity contribution in [1.29, 1.82) is 0 Å². The lowest BCUT2D eigenvalue weighted by atomic mass is 9.46. The minimum Gasteiger partial charge on any atom is -0.508 e. The van der Waals surface area contributed by atoms with E-state index in [4.69, 9.17) is 15.2 Å². The van der Waals surface area contributed by atoms with Gasteiger partial charge in [0.2, 0.25) is 5.75 Å². The summed E-state index contributed by atoms with van der Waals surface area (Å²) in [6.07, 6.45) is 11.2. The van der Waals surface area contributed by atoms with Crippen molar-refractivity contribution in [3.63, 3.8) is 0 Å². The number of rotatable bonds is 12. The van der Waals surface area contributed by atoms with Gasteiger partial charge >= 0.3 is 0 Å². The van der Waals surface area contributed by atoms with Gasteiger partial charge in [0.05, 0.1) is 6.10 Å². The SMILES string of the molecule is NCOc1cc(CCC(=O)C[C@H](O)[C@@H]2C=C[C@H]3C[C@H]([C@@]45CCCC[C@@H]4CCc4ccccc45)[C@@H]2c2cc(O)c(O)c(OCc4cccc(O)c4)c23)ccc1O. The predicted molar refractivity (Wildman–Crippen MR) is 209 cm³/mol. The number of aliphatic hydroxyl groups excluding tert-OH is 1. The molecule has 9 nitrogen and oxygen atoms in total. The summed E-state index contributed by atoms with van der Waals surface area (Å²) < 4.78 is 11.7. The van der Waals surface area contributed by atoms with Crippen molar-refractivity contribution in [2.24, 2.45) is 23.5 Å². The van der Waals surface area contributed by atoms with Crippen LogP contribution in [-0.4, -0.2) is 44.2 Å². The number of phenols is 4. The molecule has 288 valence electrons. The molecular weight excluding hydrogens is 695 g/mol. The second-order valence-electron chi connectivity index (χ2n) is 16.1. The topological polar surface area (TPSA) is 163 Å². The van der Waals surface area contributed by atoms with Crippen LogP contribution in [-0.2, 0) is 29.7 Å². The molecule has 9 rings (SSSR count). The Labute approximate surface area is 322 Å². The minimum absolute atomic E-state index is 0.0201. The fourth-order valence-corrected chi connectivity index (χ4v) is 10.9. The van der Waals surface area contributed by atoms with E-state index in [1.165, 1.54) is 23.6 Å². The van der Waals surface area contributed by atoms with Gasteiger partial charge in [-0.1, -0.05) is 67.5 Å². The maximum Gasteiger partial charge on any atom is 0.200 e. The fourth-order valence-electron chi connectivity index (χ4n) is 10.9. The van der Waals surface area contributed by atoms with Gasteiger partial charge in [-0.05, 0) is 114 Å². The largest absolute Gasteiger partial charge is 0.508 e. The van der Waals surface area contributed by atoms with Gasteiger partial charge in [0, 0.05) is 35.7 Å². The van der Waals surface area contributed by atoms with E-state index in [1.54, 1.807) is 36.4 Å². The summed E-state index contributed by atoms with van der Waals surface area (Å²) in [6.45, 7) is -0.0113. The Balaban J connectivity index is 1.17. The Hall–Kier alpha value is -4.99. The molecule has 0 unspecified atom stereocenters. The lowest BCUT2D eigenvalue weighted by Crippen LogP contribution is -2.52. The number of phenolic OH excluding ortho intramolecular Hbond substituents is 4. The summed E-state index contributed by atoms with van der Waals surface area (Å²) in [5, 5.41) is 55.2. The number of carbonyl (C=O) groups excluding carboxylic acids is 1. The van der Waals surface area contributed by atoms with Gasteiger partial charge in [0.1, 0.15) is 24.9 Å². The molecule has 1 saturated carbocycles. The third kappa shape index (κ3) is 6.82. The van der Waals surface area contributed by atoms with Crippen LogP contribution in [0.5, 0.6) is 34.5 Å². The number of nitrogens with two attached hydrogens (primary N) is 1. The highest BCUT2D eigenvalue weighted by atomic mass is 16.5. The molecule has 4 aromatic rings. The molecule has 9 heteroatoms. The van der Waals surface area contributed by atoms with E-state index >= 15 is 0 Å². The van der Waals surface area contributed by atoms with E-state index < -0.39 is 12.0 Å². The molecule has 55 heavy (non-hydrogen) atoms. The highest BCUT2D eigenvalue weighted by molar-refractivity contribution is 5.79. The van der Waals surface area contributed by atoms with E-state index in [1.807, 2.05) is 6.07 Å². The summed E-state index contributed by atoms with van der Waals surface area (Å²) in [4.78, 5) is 13.7. The van der Waals surface area contributed by atoms with E-state index in [9.17, 15) is 30.3 Å². The number of aryl methyl sites for hydroxylation is 2. The number of benzene rings is 4. The Morgan fingerprint density at radius 1 is 0.891 bits per heavy atom. The third-order valence-electron chi connectivity index (χ3n) is 13.2. The van der Waals surface area contributed by atoms with Gasteiger partial charge in [0.15, 0.2) is 23.0 Å². The van der Waals surface area contributed by atoms with Crippen LogP contribution in [0.4, 0.5) is 0 Å². The Morgan fingerprint density at radius 2 is 1.75 bits per heavy atom. The summed E-state index contributed by atoms with van der Waals surface area (Å²) in [5.41, 5.74) is 11.4. The molecule has 0 aromatic heterocycles. The van der Waals surface area contributed by atoms with Gasteiger partial charge in [-0.3, -0.25) is 10.5 Å². The van der Waals surface area contributed by atoms with Crippen LogP contribution in [0.15, 0.2) is 84.9 Å². The number of hydrogen-bond donors (Lipinski definition) is 6. The van der Waals surface area contributed by atoms with Crippen molar-refractivity contribution in [1.82, 2.24) is 0 Å². The molecule has 0 aliphatic heterocycles. The quantitative estimate of drug-likeness (QED) is 0.0483. The van der Waals surface area contributed by atoms with Crippen LogP contribution in [0.1, 0.15) is 96.6 Å². The number of allylic oxidation sites excluding steroid dienone is 1. The summed E-state index contributed by atoms with van der Waals surface area (Å²) in [7, 11) is 0. The molecule has 7 atom stereocenters. The average Bonchev–Trinajstić information content (AvgIpc) is 3.48. The number of Topliss-reactive ketones (excluding diaryl/α,β-unsaturated/α-hetero) is 1. The lowest BCUT2D eigenvalue weighted by Gasteiger charge is -2.58. The molecule has 5 aliphatic rings. The molecule has 0 saturated heterocycles. The second-order valence-corrected chi connectivity index (χ2v) is 16.1. The molecule has 0 amide bonds. The number of ketones is 1. The van der Waals surface area contributed by atoms with Crippen molar-refractivity contribution in [2.75, 3.05) is 6.73 Å². The van der Waals surface area contributed by atoms with Crippen LogP contribution in [0.2, 0.25) is 0 Å². The molecule has 0 heterocycles. The Bertz CT molecular complexity index is 2090. The van der Waals surface area contributed by atoms with E-state index in [0.717, 1.165) is 55.2 Å². The fraction of sp³-hybridized carbons (Fsp3) is 0.413. The highest BCUT2D eigenvalue weighted by Gasteiger charge is 2.57. The van der Waals surface area contributed by atoms with Crippen molar-refractivity contribution in [2.45, 2.75) is 94.2 Å². The van der Waals surface area contributed by atoms with Crippen LogP contribution in [0, 0.1) is 17.8 Å². The molecule has 0 spiro atoms. The summed E-state index contributed by atoms with van der Waals surface area (Å²) >= 11 is 0. The Morgan fingerprint density at radius 3 is 2.58 bits per heavy atom. The van der Waals surface area contributed by atoms with Gasteiger partial charge < -0.3 is 35.0 Å². The summed E-state index contributed by atoms with van der Waals surface area (Å²) in [6, 6.07) is 22.3. The first-order valence-corrected chi connectivity index (χ1v) is 19.8. The number of ether oxygens (including phenoxy) is 2. The monoisotopic (exact) mass is 745 g/mol. The zero-order valence-electron chi connectivity index (χ0n) is 31.1. The van der Waals surface area contributed by atoms with Crippen molar-refractivity contribution < 1.29 is 39.8 Å². The van der Waals surface area contributed by atoms with Gasteiger partial charge in [0.25, 0.3) is 0 Å². The minimum atomic E-state index is -0.998. The number of hydrogen-bond acceptors (Lipinski definition) is 9. The molecule has 2 bridgehead atoms. The number of aromatic hydroxyl groups is 4. The molecule has 0 radical (unpaired) electrons. The lowest BCUT2D eigenvalue weighted by molar-refractivity contribution is -0.121. The Kier molecular flexibility index (Phi) is 10.3. The zero-order chi connectivity index (χ0) is 38.3. The second kappa shape index (κ2) is 15.3. The average molecular weight is 746 g/mol. The molecule has 5 aliphatic carbocycles. The first-order valence-electron chi connectivity index (χ1n) is 19.8. The predicted octanol–water partition coefficient (Wildman–Crippen LogP) is 7.78. The molecular formula is C46H51NO8. The first-order chi connectivity index (χ1) is 26.7. The molecule has 4 aromatic carbocycles. The van der Waals surface area contributed by atoms with Gasteiger partial charge in [-0.2, -0.15) is 0 Å². The molecule has 1 fully saturated rings. The number of fused-ring (bicyclic) bond motifs is 6. The highest BCUT2D eigenvalue weighted by Crippen LogP contribution is 2.66. The van der Waals surface area contributed by atoms with Crippen molar-refractivity contribution in [3.8, 4) is 34.5 Å². The molecule has 7 N–H and O–H groups in total. The zero-order valence-corrected chi connectivity index (χ0v) is 31.1. The van der Waals surface area contributed by atoms with Gasteiger partial charge in [-0.15, -0.1) is 0 Å². The smallest absolute Gasteiger partial charge is 0.200 e. The van der Waals surface area contributed by atoms with E-state index in [-0.39, 0.29) is 89.6 Å². The number of aliphatic hydroxyl groups is 1. The van der Waals surface area contributed by atoms with E-state index in [0.29, 0.717) is 17.9 Å². The van der Waals surface area contributed by atoms with Crippen molar-refractivity contribution in [3.05, 3.63) is 118 Å². The van der Waals surface area contributed by atoms with Crippen LogP contribution in [0.3, 0.4) is 0 Å². The summed E-state index contributed by atoms with van der Waals surface area (Å²) in [5.74, 6) is -0.440. The number of carbonyl (C=O) groups is 1. The van der Waals surface area contributed by atoms with Crippen LogP contribution < -0.4 is 15.2 Å². The van der Waals surface area contributed by atoms with Gasteiger partial charge in [-0.25, -0.2) is 0 Å². The third-order valence-corrected chi connectivity index (χ3v) is 13.2. The van der Waals surface area contributed by atoms with E-state index in [2.05, 4.69) is 36.4 Å². The van der Waals surface area contributed by atoms with Crippen molar-refractivity contribution >= 4 is 5.78 Å². The maximum absolute atomic E-state index is 13.7. The standard InChI is InChI=1S/C46H51NO8/c47-26-55-41-21-27(12-18-38(41)50)11-16-33(49)23-39(51)34-17-14-30-22-37(46-19-4-3-8-31(46)15-13-29-7-1-2-10-36(29)46)43(34)35-24-40(52)44(53)45(42(30)35)54-25-28-6-5-9-32(48)20-28/h1-2,5-7,9-10,12,14,17-18,20-21,24,30-31,34,37,39,43,48,50-53H,3-4,8,11,13,15-16,19,22-23,25-26,47H2/t30-,31+,34-,37-,39-,43-,46-/m0/s1. The van der Waals surface area contributed by atoms with Crippen LogP contribution in [0.25, 0.3) is 0 Å². The van der Waals surface area contributed by atoms with Crippen LogP contribution >= 0.6 is 0 Å². The normalized spacial score (nSPS) is 25.6.